The van der Waals surface area contributed by atoms with Crippen LogP contribution in [0.1, 0.15) is 17.3 Å². The fourth-order valence-electron chi connectivity index (χ4n) is 1.51. The molecule has 0 saturated carbocycles. The lowest BCUT2D eigenvalue weighted by atomic mass is 10.3. The second-order valence-electron chi connectivity index (χ2n) is 3.76. The molecule has 2 aromatic heterocycles. The average molecular weight is 277 g/mol. The molecule has 0 atom stereocenters. The number of carbonyl (C=O) groups excluding carboxylic acids is 1. The number of nitrogens with two attached hydrogens (primary N) is 1. The lowest BCUT2D eigenvalue weighted by molar-refractivity contribution is -0.384. The van der Waals surface area contributed by atoms with Gasteiger partial charge in [-0.2, -0.15) is 5.10 Å². The summed E-state index contributed by atoms with van der Waals surface area (Å²) in [7, 11) is 0. The Balaban J connectivity index is 2.37. The van der Waals surface area contributed by atoms with Gasteiger partial charge in [-0.3, -0.25) is 10.1 Å². The minimum atomic E-state index is -0.586. The van der Waals surface area contributed by atoms with Crippen molar-refractivity contribution < 1.29 is 14.5 Å². The molecule has 0 unspecified atom stereocenters. The third-order valence-corrected chi connectivity index (χ3v) is 2.36. The zero-order valence-electron chi connectivity index (χ0n) is 10.5. The van der Waals surface area contributed by atoms with E-state index >= 15 is 0 Å². The molecule has 2 heterocycles. The van der Waals surface area contributed by atoms with E-state index in [4.69, 9.17) is 10.5 Å². The number of esters is 1. The second-order valence-corrected chi connectivity index (χ2v) is 3.76. The zero-order valence-corrected chi connectivity index (χ0v) is 10.5. The van der Waals surface area contributed by atoms with E-state index in [1.54, 1.807) is 6.92 Å². The zero-order chi connectivity index (χ0) is 14.7. The molecule has 2 aromatic rings. The van der Waals surface area contributed by atoms with Crippen LogP contribution in [0, 0.1) is 10.1 Å². The quantitative estimate of drug-likeness (QED) is 0.500. The van der Waals surface area contributed by atoms with Crippen molar-refractivity contribution in [3.8, 4) is 5.82 Å². The minimum Gasteiger partial charge on any atom is -0.462 e. The molecule has 0 aliphatic rings. The van der Waals surface area contributed by atoms with E-state index < -0.39 is 10.9 Å². The molecule has 0 aliphatic heterocycles. The highest BCUT2D eigenvalue weighted by Gasteiger charge is 2.14. The van der Waals surface area contributed by atoms with Gasteiger partial charge in [-0.15, -0.1) is 0 Å². The maximum Gasteiger partial charge on any atom is 0.341 e. The molecule has 0 spiro atoms. The highest BCUT2D eigenvalue weighted by Crippen LogP contribution is 2.18. The van der Waals surface area contributed by atoms with E-state index in [9.17, 15) is 14.9 Å². The van der Waals surface area contributed by atoms with Crippen LogP contribution in [0.2, 0.25) is 0 Å². The smallest absolute Gasteiger partial charge is 0.341 e. The molecule has 0 aliphatic carbocycles. The van der Waals surface area contributed by atoms with Crippen LogP contribution in [0.4, 0.5) is 11.5 Å². The van der Waals surface area contributed by atoms with Crippen LogP contribution < -0.4 is 5.73 Å². The topological polar surface area (TPSA) is 126 Å². The highest BCUT2D eigenvalue weighted by atomic mass is 16.6. The summed E-state index contributed by atoms with van der Waals surface area (Å²) in [5.41, 5.74) is 5.51. The fraction of sp³-hybridized carbons (Fsp3) is 0.182. The van der Waals surface area contributed by atoms with Crippen molar-refractivity contribution in [1.29, 1.82) is 0 Å². The number of rotatable bonds is 4. The van der Waals surface area contributed by atoms with Gasteiger partial charge in [0.25, 0.3) is 5.69 Å². The van der Waals surface area contributed by atoms with Crippen LogP contribution in [0.25, 0.3) is 5.82 Å². The lowest BCUT2D eigenvalue weighted by Gasteiger charge is -2.01. The summed E-state index contributed by atoms with van der Waals surface area (Å²) in [6.45, 7) is 1.93. The van der Waals surface area contributed by atoms with Crippen LogP contribution in [0.15, 0.2) is 24.5 Å². The number of aromatic nitrogens is 3. The predicted molar refractivity (Wildman–Crippen MR) is 68.4 cm³/mol. The molecule has 0 fully saturated rings. The molecule has 0 saturated heterocycles. The largest absolute Gasteiger partial charge is 0.462 e. The first-order chi connectivity index (χ1) is 9.51. The predicted octanol–water partition coefficient (Wildman–Crippen LogP) is 0.934. The summed E-state index contributed by atoms with van der Waals surface area (Å²) in [5.74, 6) is -0.396. The van der Waals surface area contributed by atoms with Crippen molar-refractivity contribution in [2.75, 3.05) is 12.3 Å². The molecular weight excluding hydrogens is 266 g/mol. The van der Waals surface area contributed by atoms with Crippen molar-refractivity contribution in [1.82, 2.24) is 14.8 Å². The monoisotopic (exact) mass is 277 g/mol. The van der Waals surface area contributed by atoms with Gasteiger partial charge in [0.15, 0.2) is 5.82 Å². The first kappa shape index (κ1) is 13.5. The van der Waals surface area contributed by atoms with Gasteiger partial charge in [0.05, 0.1) is 35.4 Å². The average Bonchev–Trinajstić information content (AvgIpc) is 2.88. The summed E-state index contributed by atoms with van der Waals surface area (Å²) in [6, 6.07) is 2.34. The van der Waals surface area contributed by atoms with Crippen LogP contribution in [-0.2, 0) is 4.74 Å². The van der Waals surface area contributed by atoms with Crippen LogP contribution in [-0.4, -0.2) is 32.3 Å². The van der Waals surface area contributed by atoms with E-state index in [-0.39, 0.29) is 29.5 Å². The van der Waals surface area contributed by atoms with E-state index in [1.807, 2.05) is 0 Å². The molecule has 9 heteroatoms. The SMILES string of the molecule is CCOC(=O)c1cnn(-c2cc([N+](=O)[O-])cc(N)n2)c1. The van der Waals surface area contributed by atoms with Gasteiger partial charge >= 0.3 is 5.97 Å². The lowest BCUT2D eigenvalue weighted by Crippen LogP contribution is -2.04. The molecule has 2 rings (SSSR count). The molecule has 20 heavy (non-hydrogen) atoms. The highest BCUT2D eigenvalue weighted by molar-refractivity contribution is 5.88. The van der Waals surface area contributed by atoms with E-state index in [0.29, 0.717) is 0 Å². The number of pyridine rings is 1. The van der Waals surface area contributed by atoms with Gasteiger partial charge in [0.1, 0.15) is 5.82 Å². The van der Waals surface area contributed by atoms with Crippen LogP contribution >= 0.6 is 0 Å². The molecular formula is C11H11N5O4. The number of hydrogen-bond donors (Lipinski definition) is 1. The van der Waals surface area contributed by atoms with Gasteiger partial charge < -0.3 is 10.5 Å². The standard InChI is InChI=1S/C11H11N5O4/c1-2-20-11(17)7-5-13-15(6-7)10-4-8(16(18)19)3-9(12)14-10/h3-6H,2H2,1H3,(H2,12,14). The van der Waals surface area contributed by atoms with E-state index in [0.717, 1.165) is 6.07 Å². The first-order valence-corrected chi connectivity index (χ1v) is 5.65. The maximum atomic E-state index is 11.5. The Morgan fingerprint density at radius 1 is 1.55 bits per heavy atom. The molecule has 2 N–H and O–H groups in total. The Morgan fingerprint density at radius 3 is 2.95 bits per heavy atom. The number of carbonyl (C=O) groups is 1. The summed E-state index contributed by atoms with van der Waals surface area (Å²) in [4.78, 5) is 25.6. The van der Waals surface area contributed by atoms with Gasteiger partial charge in [0.2, 0.25) is 0 Å². The van der Waals surface area contributed by atoms with Gasteiger partial charge in [0, 0.05) is 6.20 Å². The number of nitro groups is 1. The van der Waals surface area contributed by atoms with E-state index in [1.165, 1.54) is 23.1 Å². The van der Waals surface area contributed by atoms with Crippen molar-refractivity contribution in [3.05, 3.63) is 40.2 Å². The molecule has 0 radical (unpaired) electrons. The maximum absolute atomic E-state index is 11.5. The summed E-state index contributed by atoms with van der Waals surface area (Å²) in [5, 5.41) is 14.7. The number of anilines is 1. The normalized spacial score (nSPS) is 10.2. The third-order valence-electron chi connectivity index (χ3n) is 2.36. The summed E-state index contributed by atoms with van der Waals surface area (Å²) >= 11 is 0. The third kappa shape index (κ3) is 2.71. The molecule has 0 aromatic carbocycles. The molecule has 104 valence electrons. The Bertz CT molecular complexity index is 667. The summed E-state index contributed by atoms with van der Waals surface area (Å²) < 4.78 is 6.04. The molecule has 0 bridgehead atoms. The number of ether oxygens (including phenoxy) is 1. The van der Waals surface area contributed by atoms with Gasteiger partial charge in [-0.25, -0.2) is 14.5 Å². The van der Waals surface area contributed by atoms with Crippen molar-refractivity contribution >= 4 is 17.5 Å². The first-order valence-electron chi connectivity index (χ1n) is 5.65. The van der Waals surface area contributed by atoms with Gasteiger partial charge in [-0.05, 0) is 6.92 Å². The van der Waals surface area contributed by atoms with Crippen LogP contribution in [0.3, 0.4) is 0 Å². The molecule has 9 nitrogen and oxygen atoms in total. The van der Waals surface area contributed by atoms with Crippen molar-refractivity contribution in [2.45, 2.75) is 6.92 Å². The number of hydrogen-bond acceptors (Lipinski definition) is 7. The Labute approximate surface area is 113 Å². The van der Waals surface area contributed by atoms with Crippen molar-refractivity contribution in [3.63, 3.8) is 0 Å². The number of nitrogen functional groups attached to an aromatic ring is 1. The minimum absolute atomic E-state index is 0.0117. The Morgan fingerprint density at radius 2 is 2.30 bits per heavy atom. The molecule has 0 amide bonds. The van der Waals surface area contributed by atoms with Crippen LogP contribution in [0.5, 0.6) is 0 Å². The second kappa shape index (κ2) is 5.34. The van der Waals surface area contributed by atoms with E-state index in [2.05, 4.69) is 10.1 Å². The fourth-order valence-corrected chi connectivity index (χ4v) is 1.51. The Hall–Kier alpha value is -2.97. The number of nitrogens with zero attached hydrogens (tertiary/aromatic N) is 4. The van der Waals surface area contributed by atoms with Gasteiger partial charge in [-0.1, -0.05) is 0 Å². The van der Waals surface area contributed by atoms with Crippen molar-refractivity contribution in [2.24, 2.45) is 0 Å². The Kier molecular flexibility index (Phi) is 3.60. The summed E-state index contributed by atoms with van der Waals surface area (Å²) in [6.07, 6.45) is 2.65.